The zero-order valence-electron chi connectivity index (χ0n) is 16.6. The van der Waals surface area contributed by atoms with Crippen molar-refractivity contribution in [2.45, 2.75) is 6.92 Å². The van der Waals surface area contributed by atoms with E-state index in [1.807, 2.05) is 18.2 Å². The summed E-state index contributed by atoms with van der Waals surface area (Å²) in [6.07, 6.45) is 1.62. The van der Waals surface area contributed by atoms with Crippen LogP contribution in [0.15, 0.2) is 83.4 Å². The van der Waals surface area contributed by atoms with E-state index in [0.29, 0.717) is 39.2 Å². The van der Waals surface area contributed by atoms with Crippen molar-refractivity contribution in [1.82, 2.24) is 4.98 Å². The summed E-state index contributed by atoms with van der Waals surface area (Å²) in [6, 6.07) is 21.2. The molecule has 6 nitrogen and oxygen atoms in total. The maximum absolute atomic E-state index is 13.0. The molecule has 0 spiro atoms. The molecule has 1 aromatic heterocycles. The van der Waals surface area contributed by atoms with Crippen LogP contribution in [0.1, 0.15) is 17.3 Å². The average molecular weight is 432 g/mol. The van der Waals surface area contributed by atoms with Gasteiger partial charge in [0.1, 0.15) is 0 Å². The lowest BCUT2D eigenvalue weighted by atomic mass is 10.1. The molecular weight excluding hydrogens is 414 g/mol. The Morgan fingerprint density at radius 3 is 2.35 bits per heavy atom. The largest absolute Gasteiger partial charge is 0.436 e. The van der Waals surface area contributed by atoms with Crippen molar-refractivity contribution in [1.29, 1.82) is 0 Å². The molecule has 31 heavy (non-hydrogen) atoms. The highest BCUT2D eigenvalue weighted by molar-refractivity contribution is 6.30. The Morgan fingerprint density at radius 2 is 1.61 bits per heavy atom. The van der Waals surface area contributed by atoms with Crippen LogP contribution >= 0.6 is 11.6 Å². The Labute approximate surface area is 183 Å². The van der Waals surface area contributed by atoms with Crippen LogP contribution in [-0.2, 0) is 4.79 Å². The molecule has 4 rings (SSSR count). The number of nitrogens with zero attached hydrogens (tertiary/aromatic N) is 1. The first-order chi connectivity index (χ1) is 15.0. The normalized spacial score (nSPS) is 10.5. The number of rotatable bonds is 5. The van der Waals surface area contributed by atoms with Crippen molar-refractivity contribution in [2.75, 3.05) is 10.6 Å². The molecular formula is C24H18ClN3O3. The third-order valence-electron chi connectivity index (χ3n) is 4.48. The number of nitrogens with one attached hydrogen (secondary N) is 2. The average Bonchev–Trinajstić information content (AvgIpc) is 3.24. The molecule has 0 radical (unpaired) electrons. The summed E-state index contributed by atoms with van der Waals surface area (Å²) in [6.45, 7) is 1.43. The minimum atomic E-state index is -0.318. The summed E-state index contributed by atoms with van der Waals surface area (Å²) >= 11 is 5.95. The molecule has 4 aromatic rings. The van der Waals surface area contributed by atoms with Gasteiger partial charge in [0.25, 0.3) is 5.91 Å². The number of hydrogen-bond donors (Lipinski definition) is 2. The molecule has 3 aromatic carbocycles. The number of benzene rings is 3. The van der Waals surface area contributed by atoms with Crippen molar-refractivity contribution >= 4 is 34.8 Å². The molecule has 0 saturated carbocycles. The minimum Gasteiger partial charge on any atom is -0.436 e. The molecule has 0 aliphatic heterocycles. The smallest absolute Gasteiger partial charge is 0.256 e. The SMILES string of the molecule is CC(=O)Nc1cccc(NC(=O)c2ccccc2-c2ncc(-c3ccc(Cl)cc3)o2)c1. The highest BCUT2D eigenvalue weighted by atomic mass is 35.5. The van der Waals surface area contributed by atoms with Crippen LogP contribution in [0.25, 0.3) is 22.8 Å². The lowest BCUT2D eigenvalue weighted by Crippen LogP contribution is -2.13. The van der Waals surface area contributed by atoms with E-state index in [1.54, 1.807) is 60.8 Å². The lowest BCUT2D eigenvalue weighted by Gasteiger charge is -2.10. The second-order valence-corrected chi connectivity index (χ2v) is 7.23. The molecule has 0 fully saturated rings. The van der Waals surface area contributed by atoms with Gasteiger partial charge in [-0.05, 0) is 54.6 Å². The zero-order chi connectivity index (χ0) is 21.8. The van der Waals surface area contributed by atoms with Gasteiger partial charge < -0.3 is 15.1 Å². The van der Waals surface area contributed by atoms with E-state index in [9.17, 15) is 9.59 Å². The number of oxazole rings is 1. The Balaban J connectivity index is 1.60. The molecule has 2 N–H and O–H groups in total. The third kappa shape index (κ3) is 4.82. The number of carbonyl (C=O) groups excluding carboxylic acids is 2. The van der Waals surface area contributed by atoms with Gasteiger partial charge in [0.05, 0.1) is 11.8 Å². The van der Waals surface area contributed by atoms with Gasteiger partial charge in [0.15, 0.2) is 5.76 Å². The number of aromatic nitrogens is 1. The van der Waals surface area contributed by atoms with Crippen LogP contribution in [0.2, 0.25) is 5.02 Å². The van der Waals surface area contributed by atoms with Gasteiger partial charge in [-0.1, -0.05) is 29.8 Å². The van der Waals surface area contributed by atoms with Gasteiger partial charge >= 0.3 is 0 Å². The Bertz CT molecular complexity index is 1250. The van der Waals surface area contributed by atoms with E-state index < -0.39 is 0 Å². The van der Waals surface area contributed by atoms with Crippen LogP contribution < -0.4 is 10.6 Å². The van der Waals surface area contributed by atoms with E-state index in [2.05, 4.69) is 15.6 Å². The maximum Gasteiger partial charge on any atom is 0.256 e. The van der Waals surface area contributed by atoms with Gasteiger partial charge in [0, 0.05) is 34.4 Å². The first-order valence-electron chi connectivity index (χ1n) is 9.50. The number of carbonyl (C=O) groups is 2. The quantitative estimate of drug-likeness (QED) is 0.413. The van der Waals surface area contributed by atoms with Gasteiger partial charge in [0.2, 0.25) is 11.8 Å². The summed E-state index contributed by atoms with van der Waals surface area (Å²) in [5.74, 6) is 0.406. The Kier molecular flexibility index (Phi) is 5.82. The van der Waals surface area contributed by atoms with E-state index >= 15 is 0 Å². The van der Waals surface area contributed by atoms with Crippen LogP contribution in [0.4, 0.5) is 11.4 Å². The fourth-order valence-corrected chi connectivity index (χ4v) is 3.22. The second kappa shape index (κ2) is 8.85. The van der Waals surface area contributed by atoms with E-state index in [4.69, 9.17) is 16.0 Å². The van der Waals surface area contributed by atoms with Gasteiger partial charge in [-0.15, -0.1) is 0 Å². The highest BCUT2D eigenvalue weighted by Gasteiger charge is 2.17. The van der Waals surface area contributed by atoms with Crippen LogP contribution in [-0.4, -0.2) is 16.8 Å². The summed E-state index contributed by atoms with van der Waals surface area (Å²) in [5.41, 5.74) is 2.97. The second-order valence-electron chi connectivity index (χ2n) is 6.80. The highest BCUT2D eigenvalue weighted by Crippen LogP contribution is 2.29. The summed E-state index contributed by atoms with van der Waals surface area (Å²) in [5, 5.41) is 6.18. The molecule has 7 heteroatoms. The number of amides is 2. The van der Waals surface area contributed by atoms with Crippen LogP contribution in [0, 0.1) is 0 Å². The van der Waals surface area contributed by atoms with E-state index in [-0.39, 0.29) is 11.8 Å². The van der Waals surface area contributed by atoms with Gasteiger partial charge in [-0.25, -0.2) is 4.98 Å². The van der Waals surface area contributed by atoms with Gasteiger partial charge in [-0.2, -0.15) is 0 Å². The first-order valence-corrected chi connectivity index (χ1v) is 9.87. The van der Waals surface area contributed by atoms with Gasteiger partial charge in [-0.3, -0.25) is 9.59 Å². The molecule has 0 atom stereocenters. The summed E-state index contributed by atoms with van der Waals surface area (Å²) in [4.78, 5) is 28.6. The molecule has 0 unspecified atom stereocenters. The van der Waals surface area contributed by atoms with Crippen molar-refractivity contribution < 1.29 is 14.0 Å². The molecule has 0 aliphatic rings. The zero-order valence-corrected chi connectivity index (χ0v) is 17.3. The van der Waals surface area contributed by atoms with Crippen molar-refractivity contribution in [3.8, 4) is 22.8 Å². The molecule has 1 heterocycles. The predicted molar refractivity (Wildman–Crippen MR) is 121 cm³/mol. The number of hydrogen-bond acceptors (Lipinski definition) is 4. The number of anilines is 2. The topological polar surface area (TPSA) is 84.2 Å². The van der Waals surface area contributed by atoms with Crippen LogP contribution in [0.5, 0.6) is 0 Å². The summed E-state index contributed by atoms with van der Waals surface area (Å²) < 4.78 is 5.92. The first kappa shape index (κ1) is 20.4. The fraction of sp³-hybridized carbons (Fsp3) is 0.0417. The van der Waals surface area contributed by atoms with Crippen LogP contribution in [0.3, 0.4) is 0 Å². The van der Waals surface area contributed by atoms with Crippen molar-refractivity contribution in [2.24, 2.45) is 0 Å². The van der Waals surface area contributed by atoms with Crippen molar-refractivity contribution in [3.63, 3.8) is 0 Å². The Hall–Kier alpha value is -3.90. The predicted octanol–water partition coefficient (Wildman–Crippen LogP) is 5.87. The fourth-order valence-electron chi connectivity index (χ4n) is 3.09. The number of halogens is 1. The third-order valence-corrected chi connectivity index (χ3v) is 4.73. The molecule has 154 valence electrons. The molecule has 0 saturated heterocycles. The molecule has 0 bridgehead atoms. The standard InChI is InChI=1S/C24H18ClN3O3/c1-15(29)27-18-5-4-6-19(13-18)28-23(30)20-7-2-3-8-21(20)24-26-14-22(31-24)16-9-11-17(25)12-10-16/h2-14H,1H3,(H,27,29)(H,28,30). The molecule has 2 amide bonds. The monoisotopic (exact) mass is 431 g/mol. The molecule has 0 aliphatic carbocycles. The van der Waals surface area contributed by atoms with E-state index in [1.165, 1.54) is 6.92 Å². The van der Waals surface area contributed by atoms with E-state index in [0.717, 1.165) is 5.56 Å². The minimum absolute atomic E-state index is 0.186. The summed E-state index contributed by atoms with van der Waals surface area (Å²) in [7, 11) is 0. The Morgan fingerprint density at radius 1 is 0.903 bits per heavy atom. The maximum atomic E-state index is 13.0. The van der Waals surface area contributed by atoms with Crippen molar-refractivity contribution in [3.05, 3.63) is 89.6 Å². The lowest BCUT2D eigenvalue weighted by molar-refractivity contribution is -0.114.